The molecule has 1 N–H and O–H groups in total. The molecule has 0 atom stereocenters. The smallest absolute Gasteiger partial charge is 0.311 e. The van der Waals surface area contributed by atoms with Gasteiger partial charge in [-0.3, -0.25) is 10.1 Å². The van der Waals surface area contributed by atoms with E-state index in [1.165, 1.54) is 22.8 Å². The van der Waals surface area contributed by atoms with Crippen molar-refractivity contribution in [3.8, 4) is 0 Å². The molecule has 0 fully saturated rings. The van der Waals surface area contributed by atoms with E-state index in [9.17, 15) is 10.1 Å². The molecule has 5 heteroatoms. The number of hydrogen-bond donors (Lipinski definition) is 1. The lowest BCUT2D eigenvalue weighted by Crippen LogP contribution is -2.09. The summed E-state index contributed by atoms with van der Waals surface area (Å²) in [7, 11) is 0. The molecule has 0 saturated heterocycles. The Hall–Kier alpha value is -2.43. The monoisotopic (exact) mass is 271 g/mol. The minimum absolute atomic E-state index is 0.00834. The Balaban J connectivity index is 2.05. The highest BCUT2D eigenvalue weighted by atomic mass is 16.6. The van der Waals surface area contributed by atoms with E-state index in [2.05, 4.69) is 36.3 Å². The van der Waals surface area contributed by atoms with E-state index in [0.29, 0.717) is 12.4 Å². The van der Waals surface area contributed by atoms with E-state index in [1.807, 2.05) is 6.07 Å². The molecule has 1 aromatic carbocycles. The summed E-state index contributed by atoms with van der Waals surface area (Å²) in [5, 5.41) is 13.9. The molecule has 5 nitrogen and oxygen atoms in total. The van der Waals surface area contributed by atoms with Crippen LogP contribution in [-0.4, -0.2) is 16.5 Å². The molecule has 1 heterocycles. The molecule has 0 amide bonds. The largest absolute Gasteiger partial charge is 0.364 e. The SMILES string of the molecule is Cc1cccc(C)c1CCNc1ncccc1[N+](=O)[O-]. The van der Waals surface area contributed by atoms with Crippen LogP contribution < -0.4 is 5.32 Å². The minimum Gasteiger partial charge on any atom is -0.364 e. The first-order valence-electron chi connectivity index (χ1n) is 6.48. The van der Waals surface area contributed by atoms with E-state index in [-0.39, 0.29) is 5.69 Å². The normalized spacial score (nSPS) is 10.3. The second-order valence-corrected chi connectivity index (χ2v) is 4.68. The Morgan fingerprint density at radius 1 is 1.20 bits per heavy atom. The molecule has 1 aromatic heterocycles. The van der Waals surface area contributed by atoms with Crippen LogP contribution >= 0.6 is 0 Å². The van der Waals surface area contributed by atoms with Gasteiger partial charge < -0.3 is 5.32 Å². The second kappa shape index (κ2) is 6.14. The Kier molecular flexibility index (Phi) is 4.30. The van der Waals surface area contributed by atoms with Crippen LogP contribution in [0.2, 0.25) is 0 Å². The molecule has 0 radical (unpaired) electrons. The van der Waals surface area contributed by atoms with Gasteiger partial charge in [0.2, 0.25) is 5.82 Å². The maximum absolute atomic E-state index is 10.9. The zero-order valence-corrected chi connectivity index (χ0v) is 11.6. The molecule has 0 aliphatic carbocycles. The maximum Gasteiger partial charge on any atom is 0.311 e. The van der Waals surface area contributed by atoms with E-state index < -0.39 is 4.92 Å². The summed E-state index contributed by atoms with van der Waals surface area (Å²) in [6.45, 7) is 4.76. The lowest BCUT2D eigenvalue weighted by Gasteiger charge is -2.10. The summed E-state index contributed by atoms with van der Waals surface area (Å²) in [5.41, 5.74) is 3.76. The zero-order valence-electron chi connectivity index (χ0n) is 11.6. The van der Waals surface area contributed by atoms with Gasteiger partial charge in [0, 0.05) is 18.8 Å². The number of rotatable bonds is 5. The summed E-state index contributed by atoms with van der Waals surface area (Å²) in [6, 6.07) is 9.20. The highest BCUT2D eigenvalue weighted by Crippen LogP contribution is 2.20. The van der Waals surface area contributed by atoms with Gasteiger partial charge in [-0.15, -0.1) is 0 Å². The van der Waals surface area contributed by atoms with Crippen molar-refractivity contribution in [2.24, 2.45) is 0 Å². The van der Waals surface area contributed by atoms with Crippen molar-refractivity contribution in [1.29, 1.82) is 0 Å². The van der Waals surface area contributed by atoms with Gasteiger partial charge in [0.1, 0.15) is 0 Å². The topological polar surface area (TPSA) is 68.1 Å². The summed E-state index contributed by atoms with van der Waals surface area (Å²) < 4.78 is 0. The number of nitrogens with one attached hydrogen (secondary N) is 1. The molecule has 0 bridgehead atoms. The van der Waals surface area contributed by atoms with Gasteiger partial charge in [0.15, 0.2) is 0 Å². The first kappa shape index (κ1) is 14.0. The van der Waals surface area contributed by atoms with Crippen molar-refractivity contribution < 1.29 is 4.92 Å². The third kappa shape index (κ3) is 3.12. The van der Waals surface area contributed by atoms with E-state index in [0.717, 1.165) is 6.42 Å². The predicted octanol–water partition coefficient (Wildman–Crippen LogP) is 3.26. The van der Waals surface area contributed by atoms with Gasteiger partial charge in [-0.2, -0.15) is 0 Å². The van der Waals surface area contributed by atoms with Crippen molar-refractivity contribution in [3.05, 3.63) is 63.3 Å². The molecule has 2 rings (SSSR count). The van der Waals surface area contributed by atoms with Crippen LogP contribution in [0.25, 0.3) is 0 Å². The van der Waals surface area contributed by atoms with Gasteiger partial charge in [-0.05, 0) is 43.0 Å². The third-order valence-electron chi connectivity index (χ3n) is 3.30. The third-order valence-corrected chi connectivity index (χ3v) is 3.30. The number of nitro groups is 1. The fourth-order valence-electron chi connectivity index (χ4n) is 2.23. The van der Waals surface area contributed by atoms with Crippen LogP contribution in [-0.2, 0) is 6.42 Å². The average molecular weight is 271 g/mol. The highest BCUT2D eigenvalue weighted by Gasteiger charge is 2.13. The molecule has 2 aromatic rings. The van der Waals surface area contributed by atoms with Gasteiger partial charge in [-0.1, -0.05) is 18.2 Å². The van der Waals surface area contributed by atoms with Crippen LogP contribution in [0, 0.1) is 24.0 Å². The lowest BCUT2D eigenvalue weighted by molar-refractivity contribution is -0.384. The fourth-order valence-corrected chi connectivity index (χ4v) is 2.23. The van der Waals surface area contributed by atoms with Crippen molar-refractivity contribution in [3.63, 3.8) is 0 Å². The van der Waals surface area contributed by atoms with Gasteiger partial charge >= 0.3 is 5.69 Å². The number of nitrogens with zero attached hydrogens (tertiary/aromatic N) is 2. The van der Waals surface area contributed by atoms with Gasteiger partial charge in [0.05, 0.1) is 4.92 Å². The summed E-state index contributed by atoms with van der Waals surface area (Å²) in [6.07, 6.45) is 2.36. The summed E-state index contributed by atoms with van der Waals surface area (Å²) in [4.78, 5) is 14.5. The molecule has 0 aliphatic heterocycles. The van der Waals surface area contributed by atoms with Crippen molar-refractivity contribution in [2.45, 2.75) is 20.3 Å². The van der Waals surface area contributed by atoms with Crippen LogP contribution in [0.3, 0.4) is 0 Å². The van der Waals surface area contributed by atoms with Crippen LogP contribution in [0.15, 0.2) is 36.5 Å². The lowest BCUT2D eigenvalue weighted by atomic mass is 10.0. The Morgan fingerprint density at radius 3 is 2.55 bits per heavy atom. The molecule has 0 saturated carbocycles. The number of pyridine rings is 1. The fraction of sp³-hybridized carbons (Fsp3) is 0.267. The average Bonchev–Trinajstić information content (AvgIpc) is 2.42. The van der Waals surface area contributed by atoms with Crippen molar-refractivity contribution in [1.82, 2.24) is 4.98 Å². The molecule has 104 valence electrons. The quantitative estimate of drug-likeness (QED) is 0.669. The summed E-state index contributed by atoms with van der Waals surface area (Å²) in [5.74, 6) is 0.323. The second-order valence-electron chi connectivity index (χ2n) is 4.68. The van der Waals surface area contributed by atoms with Crippen LogP contribution in [0.5, 0.6) is 0 Å². The molecular formula is C15H17N3O2. The molecule has 20 heavy (non-hydrogen) atoms. The highest BCUT2D eigenvalue weighted by molar-refractivity contribution is 5.55. The summed E-state index contributed by atoms with van der Waals surface area (Å²) >= 11 is 0. The molecule has 0 spiro atoms. The number of aryl methyl sites for hydroxylation is 2. The Morgan fingerprint density at radius 2 is 1.90 bits per heavy atom. The molecule has 0 unspecified atom stereocenters. The van der Waals surface area contributed by atoms with E-state index in [1.54, 1.807) is 12.3 Å². The van der Waals surface area contributed by atoms with E-state index >= 15 is 0 Å². The molecular weight excluding hydrogens is 254 g/mol. The first-order chi connectivity index (χ1) is 9.59. The van der Waals surface area contributed by atoms with E-state index in [4.69, 9.17) is 0 Å². The Labute approximate surface area is 117 Å². The van der Waals surface area contributed by atoms with Crippen LogP contribution in [0.4, 0.5) is 11.5 Å². The van der Waals surface area contributed by atoms with Gasteiger partial charge in [0.25, 0.3) is 0 Å². The number of anilines is 1. The number of aromatic nitrogens is 1. The Bertz CT molecular complexity index is 606. The van der Waals surface area contributed by atoms with Gasteiger partial charge in [-0.25, -0.2) is 4.98 Å². The van der Waals surface area contributed by atoms with Crippen molar-refractivity contribution in [2.75, 3.05) is 11.9 Å². The number of benzene rings is 1. The van der Waals surface area contributed by atoms with Crippen molar-refractivity contribution >= 4 is 11.5 Å². The minimum atomic E-state index is -0.422. The van der Waals surface area contributed by atoms with Crippen LogP contribution in [0.1, 0.15) is 16.7 Å². The zero-order chi connectivity index (χ0) is 14.5. The number of hydrogen-bond acceptors (Lipinski definition) is 4. The molecule has 0 aliphatic rings. The first-order valence-corrected chi connectivity index (χ1v) is 6.48. The standard InChI is InChI=1S/C15H17N3O2/c1-11-5-3-6-12(2)13(11)8-10-17-15-14(18(19)20)7-4-9-16-15/h3-7,9H,8,10H2,1-2H3,(H,16,17). The predicted molar refractivity (Wildman–Crippen MR) is 79.0 cm³/mol. The maximum atomic E-state index is 10.9.